The molecule has 2 unspecified atom stereocenters. The van der Waals surface area contributed by atoms with Gasteiger partial charge in [0.05, 0.1) is 6.10 Å². The Morgan fingerprint density at radius 1 is 1.11 bits per heavy atom. The molecule has 1 aromatic carbocycles. The van der Waals surface area contributed by atoms with Crippen molar-refractivity contribution in [2.75, 3.05) is 13.2 Å². The lowest BCUT2D eigenvalue weighted by molar-refractivity contribution is 0.0149. The second-order valence-electron chi connectivity index (χ2n) is 5.62. The molecule has 3 rings (SSSR count). The van der Waals surface area contributed by atoms with Crippen molar-refractivity contribution < 1.29 is 4.74 Å². The predicted molar refractivity (Wildman–Crippen MR) is 73.5 cm³/mol. The molecule has 1 aliphatic carbocycles. The van der Waals surface area contributed by atoms with Crippen molar-refractivity contribution in [1.82, 2.24) is 5.32 Å². The Kier molecular flexibility index (Phi) is 3.96. The summed E-state index contributed by atoms with van der Waals surface area (Å²) in [4.78, 5) is 0. The summed E-state index contributed by atoms with van der Waals surface area (Å²) in [6, 6.07) is 11.4. The van der Waals surface area contributed by atoms with Crippen LogP contribution in [0, 0.1) is 5.92 Å². The summed E-state index contributed by atoms with van der Waals surface area (Å²) in [5.41, 5.74) is 1.44. The van der Waals surface area contributed by atoms with Gasteiger partial charge in [-0.3, -0.25) is 0 Å². The Labute approximate surface area is 110 Å². The van der Waals surface area contributed by atoms with E-state index >= 15 is 0 Å². The van der Waals surface area contributed by atoms with Gasteiger partial charge in [0.1, 0.15) is 0 Å². The van der Waals surface area contributed by atoms with Gasteiger partial charge in [0.2, 0.25) is 0 Å². The van der Waals surface area contributed by atoms with Gasteiger partial charge < -0.3 is 10.1 Å². The van der Waals surface area contributed by atoms with Gasteiger partial charge in [-0.1, -0.05) is 30.3 Å². The first-order chi connectivity index (χ1) is 8.93. The molecule has 2 atom stereocenters. The molecule has 1 saturated heterocycles. The second-order valence-corrected chi connectivity index (χ2v) is 5.62. The third kappa shape index (κ3) is 3.12. The molecule has 2 nitrogen and oxygen atoms in total. The topological polar surface area (TPSA) is 21.3 Å². The monoisotopic (exact) mass is 245 g/mol. The maximum absolute atomic E-state index is 5.80. The van der Waals surface area contributed by atoms with E-state index in [1.54, 1.807) is 0 Å². The number of benzene rings is 1. The van der Waals surface area contributed by atoms with E-state index in [9.17, 15) is 0 Å². The van der Waals surface area contributed by atoms with Gasteiger partial charge in [0.25, 0.3) is 0 Å². The van der Waals surface area contributed by atoms with Crippen molar-refractivity contribution in [3.63, 3.8) is 0 Å². The average Bonchev–Trinajstić information content (AvgIpc) is 3.26. The Hall–Kier alpha value is -0.860. The van der Waals surface area contributed by atoms with E-state index in [4.69, 9.17) is 4.74 Å². The van der Waals surface area contributed by atoms with E-state index < -0.39 is 0 Å². The normalized spacial score (nSPS) is 25.9. The van der Waals surface area contributed by atoms with Gasteiger partial charge in [-0.05, 0) is 43.6 Å². The van der Waals surface area contributed by atoms with Gasteiger partial charge in [0.15, 0.2) is 0 Å². The Morgan fingerprint density at radius 2 is 1.94 bits per heavy atom. The summed E-state index contributed by atoms with van der Waals surface area (Å²) in [6.07, 6.45) is 6.96. The maximum Gasteiger partial charge on any atom is 0.0699 e. The van der Waals surface area contributed by atoms with E-state index in [0.29, 0.717) is 12.1 Å². The highest BCUT2D eigenvalue weighted by Gasteiger charge is 2.32. The summed E-state index contributed by atoms with van der Waals surface area (Å²) in [5, 5.41) is 3.74. The summed E-state index contributed by atoms with van der Waals surface area (Å²) >= 11 is 0. The highest BCUT2D eigenvalue weighted by molar-refractivity contribution is 5.21. The molecule has 1 aromatic rings. The van der Waals surface area contributed by atoms with E-state index in [1.165, 1.54) is 37.7 Å². The molecule has 2 heteroatoms. The minimum atomic E-state index is 0.434. The zero-order chi connectivity index (χ0) is 12.2. The number of rotatable bonds is 5. The molecule has 0 spiro atoms. The van der Waals surface area contributed by atoms with Crippen molar-refractivity contribution in [3.8, 4) is 0 Å². The van der Waals surface area contributed by atoms with E-state index in [-0.39, 0.29) is 0 Å². The Morgan fingerprint density at radius 3 is 2.61 bits per heavy atom. The molecular weight excluding hydrogens is 222 g/mol. The molecule has 0 aromatic heterocycles. The van der Waals surface area contributed by atoms with Crippen LogP contribution in [0.5, 0.6) is 0 Å². The number of nitrogens with one attached hydrogen (secondary N) is 1. The summed E-state index contributed by atoms with van der Waals surface area (Å²) in [6.45, 7) is 1.96. The minimum Gasteiger partial charge on any atom is -0.377 e. The third-order valence-corrected chi connectivity index (χ3v) is 4.09. The molecule has 2 aliphatic rings. The Bertz CT molecular complexity index is 355. The van der Waals surface area contributed by atoms with Crippen LogP contribution in [0.15, 0.2) is 30.3 Å². The number of hydrogen-bond acceptors (Lipinski definition) is 2. The van der Waals surface area contributed by atoms with Crippen LogP contribution >= 0.6 is 0 Å². The molecule has 0 radical (unpaired) electrons. The van der Waals surface area contributed by atoms with E-state index in [2.05, 4.69) is 35.6 Å². The Balaban J connectivity index is 1.57. The maximum atomic E-state index is 5.80. The van der Waals surface area contributed by atoms with Gasteiger partial charge in [-0.25, -0.2) is 0 Å². The van der Waals surface area contributed by atoms with Gasteiger partial charge >= 0.3 is 0 Å². The molecule has 18 heavy (non-hydrogen) atoms. The SMILES string of the molecule is c1ccc(C(NCC2CCCCO2)C2CC2)cc1. The first-order valence-corrected chi connectivity index (χ1v) is 7.33. The average molecular weight is 245 g/mol. The molecular formula is C16H23NO. The second kappa shape index (κ2) is 5.85. The fraction of sp³-hybridized carbons (Fsp3) is 0.625. The first-order valence-electron chi connectivity index (χ1n) is 7.33. The van der Waals surface area contributed by atoms with Crippen LogP contribution in [0.4, 0.5) is 0 Å². The number of hydrogen-bond donors (Lipinski definition) is 1. The molecule has 1 N–H and O–H groups in total. The summed E-state index contributed by atoms with van der Waals surface area (Å²) < 4.78 is 5.80. The largest absolute Gasteiger partial charge is 0.377 e. The minimum absolute atomic E-state index is 0.434. The van der Waals surface area contributed by atoms with Crippen LogP contribution in [-0.4, -0.2) is 19.3 Å². The van der Waals surface area contributed by atoms with Crippen molar-refractivity contribution >= 4 is 0 Å². The first kappa shape index (κ1) is 12.2. The van der Waals surface area contributed by atoms with Gasteiger partial charge in [-0.15, -0.1) is 0 Å². The lowest BCUT2D eigenvalue weighted by Crippen LogP contribution is -2.34. The quantitative estimate of drug-likeness (QED) is 0.859. The van der Waals surface area contributed by atoms with Crippen LogP contribution in [-0.2, 0) is 4.74 Å². The van der Waals surface area contributed by atoms with Crippen molar-refractivity contribution in [3.05, 3.63) is 35.9 Å². The highest BCUT2D eigenvalue weighted by atomic mass is 16.5. The van der Waals surface area contributed by atoms with Crippen molar-refractivity contribution in [2.45, 2.75) is 44.2 Å². The molecule has 1 saturated carbocycles. The molecule has 1 heterocycles. The van der Waals surface area contributed by atoms with Crippen molar-refractivity contribution in [2.24, 2.45) is 5.92 Å². The van der Waals surface area contributed by atoms with Crippen LogP contribution in [0.2, 0.25) is 0 Å². The molecule has 2 fully saturated rings. The smallest absolute Gasteiger partial charge is 0.0699 e. The predicted octanol–water partition coefficient (Wildman–Crippen LogP) is 3.30. The molecule has 0 amide bonds. The van der Waals surface area contributed by atoms with Crippen LogP contribution < -0.4 is 5.32 Å². The lowest BCUT2D eigenvalue weighted by atomic mass is 10.0. The molecule has 1 aliphatic heterocycles. The van der Waals surface area contributed by atoms with E-state index in [1.807, 2.05) is 0 Å². The van der Waals surface area contributed by atoms with Gasteiger partial charge in [-0.2, -0.15) is 0 Å². The zero-order valence-corrected chi connectivity index (χ0v) is 11.0. The summed E-state index contributed by atoms with van der Waals surface area (Å²) in [7, 11) is 0. The fourth-order valence-electron chi connectivity index (χ4n) is 2.87. The van der Waals surface area contributed by atoms with Crippen LogP contribution in [0.1, 0.15) is 43.7 Å². The molecule has 98 valence electrons. The molecule has 0 bridgehead atoms. The van der Waals surface area contributed by atoms with Gasteiger partial charge in [0, 0.05) is 19.2 Å². The lowest BCUT2D eigenvalue weighted by Gasteiger charge is -2.26. The highest BCUT2D eigenvalue weighted by Crippen LogP contribution is 2.40. The third-order valence-electron chi connectivity index (χ3n) is 4.09. The van der Waals surface area contributed by atoms with Crippen LogP contribution in [0.3, 0.4) is 0 Å². The standard InChI is InChI=1S/C16H23NO/c1-2-6-13(7-3-1)16(14-9-10-14)17-12-15-8-4-5-11-18-15/h1-3,6-7,14-17H,4-5,8-12H2. The van der Waals surface area contributed by atoms with Crippen molar-refractivity contribution in [1.29, 1.82) is 0 Å². The number of ether oxygens (including phenoxy) is 1. The van der Waals surface area contributed by atoms with E-state index in [0.717, 1.165) is 19.1 Å². The summed E-state index contributed by atoms with van der Waals surface area (Å²) in [5.74, 6) is 0.844. The zero-order valence-electron chi connectivity index (χ0n) is 11.0. The fourth-order valence-corrected chi connectivity index (χ4v) is 2.87. The van der Waals surface area contributed by atoms with Crippen LogP contribution in [0.25, 0.3) is 0 Å².